The Morgan fingerprint density at radius 1 is 1.26 bits per heavy atom. The van der Waals surface area contributed by atoms with Crippen molar-refractivity contribution in [1.82, 2.24) is 0 Å². The number of carbonyl (C=O) groups excluding carboxylic acids is 2. The number of hydrogen-bond acceptors (Lipinski definition) is 5. The van der Waals surface area contributed by atoms with Crippen molar-refractivity contribution >= 4 is 11.8 Å². The number of carbonyl (C=O) groups is 2. The number of benzene rings is 1. The SMILES string of the molecule is COc1cc([C@H]2CC(=O)OC3=C2C(=O)CC(C)(C)C3)ccc1O. The van der Waals surface area contributed by atoms with E-state index in [1.165, 1.54) is 13.2 Å². The van der Waals surface area contributed by atoms with E-state index in [-0.39, 0.29) is 35.3 Å². The van der Waals surface area contributed by atoms with Gasteiger partial charge in [0.2, 0.25) is 0 Å². The van der Waals surface area contributed by atoms with Gasteiger partial charge in [-0.15, -0.1) is 0 Å². The van der Waals surface area contributed by atoms with Gasteiger partial charge in [-0.2, -0.15) is 0 Å². The van der Waals surface area contributed by atoms with Crippen molar-refractivity contribution in [3.63, 3.8) is 0 Å². The van der Waals surface area contributed by atoms with E-state index in [2.05, 4.69) is 0 Å². The molecule has 5 heteroatoms. The third-order valence-corrected chi connectivity index (χ3v) is 4.44. The second kappa shape index (κ2) is 5.41. The van der Waals surface area contributed by atoms with Crippen molar-refractivity contribution in [1.29, 1.82) is 0 Å². The number of ether oxygens (including phenoxy) is 2. The summed E-state index contributed by atoms with van der Waals surface area (Å²) < 4.78 is 10.5. The van der Waals surface area contributed by atoms with Gasteiger partial charge in [0.1, 0.15) is 5.76 Å². The van der Waals surface area contributed by atoms with Crippen LogP contribution in [0.15, 0.2) is 29.5 Å². The zero-order valence-corrected chi connectivity index (χ0v) is 13.5. The van der Waals surface area contributed by atoms with Gasteiger partial charge < -0.3 is 14.6 Å². The van der Waals surface area contributed by atoms with Gasteiger partial charge in [0, 0.05) is 24.3 Å². The van der Waals surface area contributed by atoms with E-state index in [1.54, 1.807) is 12.1 Å². The van der Waals surface area contributed by atoms with E-state index >= 15 is 0 Å². The first-order valence-electron chi connectivity index (χ1n) is 7.64. The summed E-state index contributed by atoms with van der Waals surface area (Å²) in [5.74, 6) is 0.211. The highest BCUT2D eigenvalue weighted by Crippen LogP contribution is 2.46. The summed E-state index contributed by atoms with van der Waals surface area (Å²) in [6, 6.07) is 4.92. The summed E-state index contributed by atoms with van der Waals surface area (Å²) in [7, 11) is 1.47. The maximum absolute atomic E-state index is 12.6. The van der Waals surface area contributed by atoms with Crippen LogP contribution in [0.1, 0.15) is 44.6 Å². The average Bonchev–Trinajstić information content (AvgIpc) is 2.45. The maximum Gasteiger partial charge on any atom is 0.311 e. The maximum atomic E-state index is 12.6. The van der Waals surface area contributed by atoms with Crippen LogP contribution in [0.5, 0.6) is 11.5 Å². The summed E-state index contributed by atoms with van der Waals surface area (Å²) in [5.41, 5.74) is 1.17. The van der Waals surface area contributed by atoms with Gasteiger partial charge in [-0.3, -0.25) is 9.59 Å². The zero-order valence-electron chi connectivity index (χ0n) is 13.5. The second-order valence-electron chi connectivity index (χ2n) is 6.94. The molecular formula is C18H20O5. The Morgan fingerprint density at radius 3 is 2.70 bits per heavy atom. The van der Waals surface area contributed by atoms with Crippen LogP contribution in [0.25, 0.3) is 0 Å². The highest BCUT2D eigenvalue weighted by Gasteiger charge is 2.42. The summed E-state index contributed by atoms with van der Waals surface area (Å²) in [6.07, 6.45) is 1.14. The highest BCUT2D eigenvalue weighted by molar-refractivity contribution is 6.00. The lowest BCUT2D eigenvalue weighted by Gasteiger charge is -2.36. The van der Waals surface area contributed by atoms with E-state index in [4.69, 9.17) is 9.47 Å². The Hall–Kier alpha value is -2.30. The topological polar surface area (TPSA) is 72.8 Å². The summed E-state index contributed by atoms with van der Waals surface area (Å²) >= 11 is 0. The number of methoxy groups -OCH3 is 1. The van der Waals surface area contributed by atoms with Gasteiger partial charge >= 0.3 is 5.97 Å². The van der Waals surface area contributed by atoms with Crippen molar-refractivity contribution in [2.45, 2.75) is 39.0 Å². The largest absolute Gasteiger partial charge is 0.504 e. The van der Waals surface area contributed by atoms with Gasteiger partial charge in [-0.05, 0) is 23.1 Å². The minimum atomic E-state index is -0.343. The van der Waals surface area contributed by atoms with Crippen molar-refractivity contribution in [2.24, 2.45) is 5.41 Å². The lowest BCUT2D eigenvalue weighted by atomic mass is 9.71. The number of rotatable bonds is 2. The first-order valence-corrected chi connectivity index (χ1v) is 7.64. The fraction of sp³-hybridized carbons (Fsp3) is 0.444. The standard InChI is InChI=1S/C18H20O5/c1-18(2)8-13(20)17-11(7-16(21)23-15(17)9-18)10-4-5-12(19)14(6-10)22-3/h4-6,11,19H,7-9H2,1-3H3/t11-/m1/s1. The highest BCUT2D eigenvalue weighted by atomic mass is 16.5. The number of hydrogen-bond donors (Lipinski definition) is 1. The predicted molar refractivity (Wildman–Crippen MR) is 83.2 cm³/mol. The number of aromatic hydroxyl groups is 1. The lowest BCUT2D eigenvalue weighted by Crippen LogP contribution is -2.33. The summed E-state index contributed by atoms with van der Waals surface area (Å²) in [5, 5.41) is 9.74. The molecule has 3 rings (SSSR count). The average molecular weight is 316 g/mol. The molecule has 0 radical (unpaired) electrons. The molecule has 0 unspecified atom stereocenters. The molecule has 0 spiro atoms. The third-order valence-electron chi connectivity index (χ3n) is 4.44. The van der Waals surface area contributed by atoms with Crippen molar-refractivity contribution in [3.05, 3.63) is 35.1 Å². The van der Waals surface area contributed by atoms with Crippen molar-refractivity contribution in [3.8, 4) is 11.5 Å². The minimum absolute atomic E-state index is 0.0277. The zero-order chi connectivity index (χ0) is 16.8. The van der Waals surface area contributed by atoms with E-state index in [0.29, 0.717) is 29.9 Å². The number of phenolic OH excluding ortho intramolecular Hbond substituents is 1. The van der Waals surface area contributed by atoms with Gasteiger partial charge in [0.25, 0.3) is 0 Å². The lowest BCUT2D eigenvalue weighted by molar-refractivity contribution is -0.142. The monoisotopic (exact) mass is 316 g/mol. The Morgan fingerprint density at radius 2 is 2.00 bits per heavy atom. The van der Waals surface area contributed by atoms with Gasteiger partial charge in [-0.25, -0.2) is 0 Å². The van der Waals surface area contributed by atoms with Crippen LogP contribution in [-0.2, 0) is 14.3 Å². The van der Waals surface area contributed by atoms with E-state index in [0.717, 1.165) is 5.56 Å². The van der Waals surface area contributed by atoms with Crippen LogP contribution in [0.3, 0.4) is 0 Å². The Balaban J connectivity index is 2.08. The van der Waals surface area contributed by atoms with Crippen LogP contribution in [0.2, 0.25) is 0 Å². The molecule has 1 aromatic rings. The number of ketones is 1. The molecule has 0 amide bonds. The minimum Gasteiger partial charge on any atom is -0.504 e. The van der Waals surface area contributed by atoms with Gasteiger partial charge in [-0.1, -0.05) is 19.9 Å². The summed E-state index contributed by atoms with van der Waals surface area (Å²) in [6.45, 7) is 3.99. The first-order chi connectivity index (χ1) is 10.8. The summed E-state index contributed by atoms with van der Waals surface area (Å²) in [4.78, 5) is 24.6. The molecule has 1 aromatic carbocycles. The molecule has 23 heavy (non-hydrogen) atoms. The molecule has 1 aliphatic heterocycles. The van der Waals surface area contributed by atoms with Crippen molar-refractivity contribution in [2.75, 3.05) is 7.11 Å². The molecule has 1 N–H and O–H groups in total. The van der Waals surface area contributed by atoms with Crippen LogP contribution < -0.4 is 4.74 Å². The molecule has 0 saturated carbocycles. The molecule has 0 bridgehead atoms. The molecule has 5 nitrogen and oxygen atoms in total. The van der Waals surface area contributed by atoms with Crippen molar-refractivity contribution < 1.29 is 24.2 Å². The number of Topliss-reactive ketones (excluding diaryl/α,β-unsaturated/α-hetero) is 1. The van der Waals surface area contributed by atoms with Gasteiger partial charge in [0.05, 0.1) is 13.5 Å². The van der Waals surface area contributed by atoms with Crippen LogP contribution in [0.4, 0.5) is 0 Å². The smallest absolute Gasteiger partial charge is 0.311 e. The van der Waals surface area contributed by atoms with Crippen LogP contribution >= 0.6 is 0 Å². The molecule has 122 valence electrons. The molecule has 0 saturated heterocycles. The van der Waals surface area contributed by atoms with Crippen LogP contribution in [0, 0.1) is 5.41 Å². The predicted octanol–water partition coefficient (Wildman–Crippen LogP) is 3.07. The van der Waals surface area contributed by atoms with Gasteiger partial charge in [0.15, 0.2) is 17.3 Å². The van der Waals surface area contributed by atoms with E-state index < -0.39 is 0 Å². The quantitative estimate of drug-likeness (QED) is 0.849. The normalized spacial score (nSPS) is 23.3. The third kappa shape index (κ3) is 2.83. The molecular weight excluding hydrogens is 296 g/mol. The molecule has 0 fully saturated rings. The first kappa shape index (κ1) is 15.6. The Bertz CT molecular complexity index is 714. The Kier molecular flexibility index (Phi) is 3.66. The molecule has 0 aromatic heterocycles. The van der Waals surface area contributed by atoms with E-state index in [9.17, 15) is 14.7 Å². The Labute approximate surface area is 134 Å². The molecule has 1 heterocycles. The fourth-order valence-corrected chi connectivity index (χ4v) is 3.40. The molecule has 1 aliphatic carbocycles. The fourth-order valence-electron chi connectivity index (χ4n) is 3.40. The van der Waals surface area contributed by atoms with Crippen LogP contribution in [-0.4, -0.2) is 24.0 Å². The molecule has 1 atom stereocenters. The number of phenols is 1. The molecule has 2 aliphatic rings. The second-order valence-corrected chi connectivity index (χ2v) is 6.94. The number of allylic oxidation sites excluding steroid dienone is 2. The number of esters is 1. The van der Waals surface area contributed by atoms with E-state index in [1.807, 2.05) is 13.8 Å².